The smallest absolute Gasteiger partial charge is 0.252 e. The Morgan fingerprint density at radius 2 is 2.17 bits per heavy atom. The second-order valence-electron chi connectivity index (χ2n) is 4.50. The van der Waals surface area contributed by atoms with Crippen LogP contribution in [0.5, 0.6) is 0 Å². The normalized spacial score (nSPS) is 11.4. The van der Waals surface area contributed by atoms with E-state index in [2.05, 4.69) is 21.2 Å². The summed E-state index contributed by atoms with van der Waals surface area (Å²) in [6, 6.07) is 3.97. The number of nitrogens with one attached hydrogen (secondary N) is 1. The summed E-state index contributed by atoms with van der Waals surface area (Å²) in [6.07, 6.45) is 0. The topological polar surface area (TPSA) is 38.3 Å². The van der Waals surface area contributed by atoms with Gasteiger partial charge in [0.25, 0.3) is 5.91 Å². The fourth-order valence-electron chi connectivity index (χ4n) is 1.50. The standard InChI is InChI=1S/C13H17BrFNO2/c1-4-18-13(2,3)8-16-12(17)10-6-5-9(15)7-11(10)14/h5-7H,4,8H2,1-3H3,(H,16,17). The molecule has 0 unspecified atom stereocenters. The van der Waals surface area contributed by atoms with E-state index in [1.807, 2.05) is 20.8 Å². The molecule has 1 aromatic carbocycles. The highest BCUT2D eigenvalue weighted by Gasteiger charge is 2.19. The third-order valence-electron chi connectivity index (χ3n) is 2.39. The summed E-state index contributed by atoms with van der Waals surface area (Å²) < 4.78 is 18.8. The fourth-order valence-corrected chi connectivity index (χ4v) is 2.03. The Bertz CT molecular complexity index is 435. The predicted molar refractivity (Wildman–Crippen MR) is 72.1 cm³/mol. The van der Waals surface area contributed by atoms with Crippen LogP contribution in [0.3, 0.4) is 0 Å². The first-order valence-corrected chi connectivity index (χ1v) is 6.52. The van der Waals surface area contributed by atoms with E-state index in [1.54, 1.807) is 0 Å². The second kappa shape index (κ2) is 6.29. The maximum atomic E-state index is 12.9. The van der Waals surface area contributed by atoms with Gasteiger partial charge in [0, 0.05) is 17.6 Å². The van der Waals surface area contributed by atoms with E-state index in [0.717, 1.165) is 0 Å². The number of carbonyl (C=O) groups is 1. The second-order valence-corrected chi connectivity index (χ2v) is 5.35. The van der Waals surface area contributed by atoms with Gasteiger partial charge in [-0.15, -0.1) is 0 Å². The zero-order chi connectivity index (χ0) is 13.8. The molecule has 1 rings (SSSR count). The predicted octanol–water partition coefficient (Wildman–Crippen LogP) is 3.13. The van der Waals surface area contributed by atoms with Crippen LogP contribution in [0.15, 0.2) is 22.7 Å². The van der Waals surface area contributed by atoms with E-state index < -0.39 is 5.60 Å². The van der Waals surface area contributed by atoms with Crippen LogP contribution in [0.25, 0.3) is 0 Å². The van der Waals surface area contributed by atoms with E-state index in [4.69, 9.17) is 4.74 Å². The first-order valence-electron chi connectivity index (χ1n) is 5.73. The summed E-state index contributed by atoms with van der Waals surface area (Å²) in [6.45, 7) is 6.68. The van der Waals surface area contributed by atoms with Crippen molar-refractivity contribution in [2.75, 3.05) is 13.2 Å². The van der Waals surface area contributed by atoms with Crippen molar-refractivity contribution in [3.63, 3.8) is 0 Å². The summed E-state index contributed by atoms with van der Waals surface area (Å²) in [7, 11) is 0. The van der Waals surface area contributed by atoms with Crippen molar-refractivity contribution >= 4 is 21.8 Å². The third-order valence-corrected chi connectivity index (χ3v) is 3.04. The van der Waals surface area contributed by atoms with Crippen molar-refractivity contribution in [2.24, 2.45) is 0 Å². The summed E-state index contributed by atoms with van der Waals surface area (Å²) in [5, 5.41) is 2.77. The highest BCUT2D eigenvalue weighted by Crippen LogP contribution is 2.18. The number of hydrogen-bond donors (Lipinski definition) is 1. The lowest BCUT2D eigenvalue weighted by molar-refractivity contribution is -0.00816. The zero-order valence-corrected chi connectivity index (χ0v) is 12.3. The molecular formula is C13H17BrFNO2. The van der Waals surface area contributed by atoms with Gasteiger partial charge in [-0.3, -0.25) is 4.79 Å². The number of halogens is 2. The van der Waals surface area contributed by atoms with Gasteiger partial charge in [0.15, 0.2) is 0 Å². The van der Waals surface area contributed by atoms with Crippen LogP contribution in [0.4, 0.5) is 4.39 Å². The van der Waals surface area contributed by atoms with E-state index in [0.29, 0.717) is 23.2 Å². The van der Waals surface area contributed by atoms with Gasteiger partial charge < -0.3 is 10.1 Å². The maximum Gasteiger partial charge on any atom is 0.252 e. The molecule has 0 heterocycles. The number of ether oxygens (including phenoxy) is 1. The van der Waals surface area contributed by atoms with Crippen LogP contribution in [0, 0.1) is 5.82 Å². The lowest BCUT2D eigenvalue weighted by Gasteiger charge is -2.25. The van der Waals surface area contributed by atoms with Gasteiger partial charge >= 0.3 is 0 Å². The van der Waals surface area contributed by atoms with Crippen LogP contribution in [0.2, 0.25) is 0 Å². The molecule has 1 amide bonds. The minimum absolute atomic E-state index is 0.255. The molecule has 5 heteroatoms. The van der Waals surface area contributed by atoms with Gasteiger partial charge in [-0.1, -0.05) is 0 Å². The number of hydrogen-bond acceptors (Lipinski definition) is 2. The summed E-state index contributed by atoms with van der Waals surface area (Å²) in [5.41, 5.74) is -0.0135. The molecule has 3 nitrogen and oxygen atoms in total. The van der Waals surface area contributed by atoms with Gasteiger partial charge in [-0.05, 0) is 54.9 Å². The van der Waals surface area contributed by atoms with Crippen LogP contribution in [-0.4, -0.2) is 24.7 Å². The van der Waals surface area contributed by atoms with Gasteiger partial charge in [-0.25, -0.2) is 4.39 Å². The van der Waals surface area contributed by atoms with Crippen molar-refractivity contribution in [3.8, 4) is 0 Å². The summed E-state index contributed by atoms with van der Waals surface area (Å²) in [5.74, 6) is -0.636. The Kier molecular flexibility index (Phi) is 5.28. The molecule has 0 radical (unpaired) electrons. The Morgan fingerprint density at radius 1 is 1.50 bits per heavy atom. The Balaban J connectivity index is 2.66. The monoisotopic (exact) mass is 317 g/mol. The summed E-state index contributed by atoms with van der Waals surface area (Å²) in [4.78, 5) is 11.9. The average Bonchev–Trinajstić information content (AvgIpc) is 2.26. The molecule has 0 fully saturated rings. The molecule has 1 aromatic rings. The molecule has 0 aliphatic rings. The van der Waals surface area contributed by atoms with Crippen molar-refractivity contribution in [1.29, 1.82) is 0 Å². The first-order chi connectivity index (χ1) is 8.35. The minimum atomic E-state index is -0.420. The van der Waals surface area contributed by atoms with Gasteiger partial charge in [0.1, 0.15) is 5.82 Å². The summed E-state index contributed by atoms with van der Waals surface area (Å²) >= 11 is 3.17. The number of amides is 1. The van der Waals surface area contributed by atoms with Gasteiger partial charge in [-0.2, -0.15) is 0 Å². The third kappa shape index (κ3) is 4.38. The van der Waals surface area contributed by atoms with Crippen LogP contribution in [0.1, 0.15) is 31.1 Å². The minimum Gasteiger partial charge on any atom is -0.374 e. The molecule has 0 saturated carbocycles. The fraction of sp³-hybridized carbons (Fsp3) is 0.462. The van der Waals surface area contributed by atoms with Crippen molar-refractivity contribution in [1.82, 2.24) is 5.32 Å². The molecule has 0 aliphatic carbocycles. The number of benzene rings is 1. The molecule has 18 heavy (non-hydrogen) atoms. The lowest BCUT2D eigenvalue weighted by atomic mass is 10.1. The maximum absolute atomic E-state index is 12.9. The Morgan fingerprint density at radius 3 is 2.72 bits per heavy atom. The van der Waals surface area contributed by atoms with Crippen molar-refractivity contribution < 1.29 is 13.9 Å². The molecule has 0 saturated heterocycles. The molecule has 0 spiro atoms. The average molecular weight is 318 g/mol. The van der Waals surface area contributed by atoms with Crippen molar-refractivity contribution in [2.45, 2.75) is 26.4 Å². The molecule has 100 valence electrons. The van der Waals surface area contributed by atoms with Crippen molar-refractivity contribution in [3.05, 3.63) is 34.1 Å². The zero-order valence-electron chi connectivity index (χ0n) is 10.7. The van der Waals surface area contributed by atoms with E-state index in [1.165, 1.54) is 18.2 Å². The Hall–Kier alpha value is -0.940. The molecule has 0 atom stereocenters. The largest absolute Gasteiger partial charge is 0.374 e. The van der Waals surface area contributed by atoms with E-state index in [9.17, 15) is 9.18 Å². The van der Waals surface area contributed by atoms with Crippen LogP contribution in [-0.2, 0) is 4.74 Å². The Labute approximate surface area is 115 Å². The molecular weight excluding hydrogens is 301 g/mol. The van der Waals surface area contributed by atoms with Crippen LogP contribution < -0.4 is 5.32 Å². The molecule has 0 aromatic heterocycles. The SMILES string of the molecule is CCOC(C)(C)CNC(=O)c1ccc(F)cc1Br. The molecule has 0 bridgehead atoms. The number of rotatable bonds is 5. The van der Waals surface area contributed by atoms with E-state index in [-0.39, 0.29) is 11.7 Å². The highest BCUT2D eigenvalue weighted by atomic mass is 79.9. The lowest BCUT2D eigenvalue weighted by Crippen LogP contribution is -2.40. The molecule has 1 N–H and O–H groups in total. The van der Waals surface area contributed by atoms with Crippen LogP contribution >= 0.6 is 15.9 Å². The van der Waals surface area contributed by atoms with Gasteiger partial charge in [0.05, 0.1) is 11.2 Å². The first kappa shape index (κ1) is 15.1. The molecule has 0 aliphatic heterocycles. The number of carbonyl (C=O) groups excluding carboxylic acids is 1. The highest BCUT2D eigenvalue weighted by molar-refractivity contribution is 9.10. The quantitative estimate of drug-likeness (QED) is 0.906. The van der Waals surface area contributed by atoms with E-state index >= 15 is 0 Å². The van der Waals surface area contributed by atoms with Gasteiger partial charge in [0.2, 0.25) is 0 Å².